The number of hydrogen-bond donors (Lipinski definition) is 2. The summed E-state index contributed by atoms with van der Waals surface area (Å²) < 4.78 is 6.43. The molecule has 1 aliphatic heterocycles. The van der Waals surface area contributed by atoms with Gasteiger partial charge in [-0.25, -0.2) is 0 Å². The first-order chi connectivity index (χ1) is 16.3. The number of rotatable bonds is 5. The maximum atomic E-state index is 13.3. The van der Waals surface area contributed by atoms with Crippen molar-refractivity contribution in [2.75, 3.05) is 13.1 Å². The molecular formula is C28H36N2O3S. The van der Waals surface area contributed by atoms with Crippen molar-refractivity contribution in [3.05, 3.63) is 51.7 Å². The normalized spacial score (nSPS) is 35.3. The molecule has 0 radical (unpaired) electrons. The van der Waals surface area contributed by atoms with Gasteiger partial charge in [0.05, 0.1) is 12.1 Å². The lowest BCUT2D eigenvalue weighted by atomic mass is 9.46. The van der Waals surface area contributed by atoms with Crippen LogP contribution in [0.15, 0.2) is 35.0 Å². The van der Waals surface area contributed by atoms with Crippen LogP contribution in [0.5, 0.6) is 5.75 Å². The van der Waals surface area contributed by atoms with Crippen molar-refractivity contribution in [1.82, 2.24) is 10.2 Å². The van der Waals surface area contributed by atoms with Crippen LogP contribution in [0.3, 0.4) is 0 Å². The average Bonchev–Trinajstić information content (AvgIpc) is 3.22. The monoisotopic (exact) mass is 480 g/mol. The number of fused-ring (bicyclic) bond motifs is 1. The number of amides is 1. The Labute approximate surface area is 206 Å². The van der Waals surface area contributed by atoms with Gasteiger partial charge in [0, 0.05) is 30.3 Å². The smallest absolute Gasteiger partial charge is 0.234 e. The van der Waals surface area contributed by atoms with Gasteiger partial charge in [-0.05, 0) is 92.5 Å². The predicted molar refractivity (Wildman–Crippen MR) is 134 cm³/mol. The molecule has 34 heavy (non-hydrogen) atoms. The molecule has 1 aromatic heterocycles. The van der Waals surface area contributed by atoms with Crippen LogP contribution >= 0.6 is 11.3 Å². The van der Waals surface area contributed by atoms with Crippen LogP contribution in [0.2, 0.25) is 0 Å². The van der Waals surface area contributed by atoms with E-state index in [1.165, 1.54) is 17.5 Å². The van der Waals surface area contributed by atoms with E-state index in [9.17, 15) is 9.90 Å². The zero-order chi connectivity index (χ0) is 23.5. The summed E-state index contributed by atoms with van der Waals surface area (Å²) in [7, 11) is 0. The summed E-state index contributed by atoms with van der Waals surface area (Å²) in [4.78, 5) is 15.5. The molecule has 0 spiro atoms. The van der Waals surface area contributed by atoms with Crippen molar-refractivity contribution in [3.63, 3.8) is 0 Å². The second-order valence-electron chi connectivity index (χ2n) is 11.8. The van der Waals surface area contributed by atoms with Gasteiger partial charge in [-0.15, -0.1) is 0 Å². The third-order valence-electron chi connectivity index (χ3n) is 8.96. The van der Waals surface area contributed by atoms with Gasteiger partial charge in [-0.3, -0.25) is 9.69 Å². The lowest BCUT2D eigenvalue weighted by molar-refractivity contribution is -0.173. The number of carbonyl (C=O) groups is 1. The zero-order valence-corrected chi connectivity index (χ0v) is 21.1. The Morgan fingerprint density at radius 2 is 2.06 bits per heavy atom. The Morgan fingerprint density at radius 3 is 2.76 bits per heavy atom. The molecule has 2 heterocycles. The van der Waals surface area contributed by atoms with E-state index in [0.717, 1.165) is 43.4 Å². The van der Waals surface area contributed by atoms with Crippen molar-refractivity contribution < 1.29 is 14.6 Å². The molecular weight excluding hydrogens is 444 g/mol. The fourth-order valence-electron chi connectivity index (χ4n) is 7.86. The summed E-state index contributed by atoms with van der Waals surface area (Å²) in [6.07, 6.45) is 6.25. The van der Waals surface area contributed by atoms with Crippen molar-refractivity contribution in [2.24, 2.45) is 17.3 Å². The van der Waals surface area contributed by atoms with Gasteiger partial charge in [0.1, 0.15) is 11.9 Å². The lowest BCUT2D eigenvalue weighted by Gasteiger charge is -2.62. The number of aliphatic hydroxyl groups is 1. The van der Waals surface area contributed by atoms with E-state index in [2.05, 4.69) is 59.1 Å². The number of benzene rings is 1. The van der Waals surface area contributed by atoms with Crippen LogP contribution in [0, 0.1) is 24.2 Å². The first-order valence-electron chi connectivity index (χ1n) is 12.8. The molecule has 0 saturated heterocycles. The van der Waals surface area contributed by atoms with E-state index in [-0.39, 0.29) is 23.5 Å². The van der Waals surface area contributed by atoms with Crippen LogP contribution in [-0.4, -0.2) is 40.6 Å². The number of aryl methyl sites for hydroxylation is 1. The minimum atomic E-state index is -0.499. The maximum absolute atomic E-state index is 13.3. The number of nitrogens with zero attached hydrogens (tertiary/aromatic N) is 1. The number of nitrogens with one attached hydrogen (secondary N) is 1. The van der Waals surface area contributed by atoms with Crippen LogP contribution < -0.4 is 10.1 Å². The number of thiophene rings is 1. The third-order valence-corrected chi connectivity index (χ3v) is 9.66. The van der Waals surface area contributed by atoms with Gasteiger partial charge in [0.15, 0.2) is 0 Å². The van der Waals surface area contributed by atoms with E-state index in [4.69, 9.17) is 4.74 Å². The van der Waals surface area contributed by atoms with E-state index in [1.807, 2.05) is 0 Å². The van der Waals surface area contributed by atoms with E-state index < -0.39 is 5.60 Å². The van der Waals surface area contributed by atoms with Crippen molar-refractivity contribution >= 4 is 17.2 Å². The molecule has 182 valence electrons. The summed E-state index contributed by atoms with van der Waals surface area (Å²) in [5.74, 6) is 2.24. The summed E-state index contributed by atoms with van der Waals surface area (Å²) in [6.45, 7) is 6.01. The number of hydrogen-bond acceptors (Lipinski definition) is 5. The summed E-state index contributed by atoms with van der Waals surface area (Å²) >= 11 is 1.68. The largest absolute Gasteiger partial charge is 0.484 e. The molecule has 1 aromatic carbocycles. The standard InChI is InChI=1S/C28H36N2O3S/c1-18-3-4-24-23(7-18)13-30(14-25(33-24)22-5-6-34-16-22)15-26(31)29-19(2)27-9-20-8-21(10-27)12-28(32,11-20)17-27/h3-7,16,19-21,25,32H,8-15,17H2,1-2H3,(H,29,31)/t19-,20+,21+,25-,27?,28?/m0/s1. The van der Waals surface area contributed by atoms with Crippen LogP contribution in [0.25, 0.3) is 0 Å². The van der Waals surface area contributed by atoms with Gasteiger partial charge in [-0.2, -0.15) is 11.3 Å². The van der Waals surface area contributed by atoms with Gasteiger partial charge in [0.2, 0.25) is 5.91 Å². The molecule has 4 atom stereocenters. The third kappa shape index (κ3) is 4.18. The second kappa shape index (κ2) is 8.35. The second-order valence-corrected chi connectivity index (χ2v) is 12.6. The van der Waals surface area contributed by atoms with Gasteiger partial charge in [0.25, 0.3) is 0 Å². The minimum Gasteiger partial charge on any atom is -0.484 e. The summed E-state index contributed by atoms with van der Waals surface area (Å²) in [5, 5.41) is 18.7. The molecule has 5 aliphatic rings. The Hall–Kier alpha value is -1.89. The highest BCUT2D eigenvalue weighted by Crippen LogP contribution is 2.62. The Morgan fingerprint density at radius 1 is 1.26 bits per heavy atom. The van der Waals surface area contributed by atoms with E-state index >= 15 is 0 Å². The molecule has 4 aliphatic carbocycles. The summed E-state index contributed by atoms with van der Waals surface area (Å²) in [6, 6.07) is 8.53. The highest BCUT2D eigenvalue weighted by atomic mass is 32.1. The molecule has 4 bridgehead atoms. The SMILES string of the molecule is Cc1ccc2c(c1)CN(CC(=O)N[C@@H](C)C13C[C@H]4C[C@@H](CC(O)(C4)C1)C3)C[C@@H](c1ccsc1)O2. The first-order valence-corrected chi connectivity index (χ1v) is 13.8. The molecule has 4 fully saturated rings. The molecule has 1 amide bonds. The number of ether oxygens (including phenoxy) is 1. The predicted octanol–water partition coefficient (Wildman–Crippen LogP) is 4.83. The summed E-state index contributed by atoms with van der Waals surface area (Å²) in [5.41, 5.74) is 3.06. The van der Waals surface area contributed by atoms with Crippen molar-refractivity contribution in [3.8, 4) is 5.75 Å². The molecule has 2 N–H and O–H groups in total. The van der Waals surface area contributed by atoms with Crippen LogP contribution in [0.4, 0.5) is 0 Å². The van der Waals surface area contributed by atoms with Crippen LogP contribution in [-0.2, 0) is 11.3 Å². The maximum Gasteiger partial charge on any atom is 0.234 e. The van der Waals surface area contributed by atoms with Crippen LogP contribution in [0.1, 0.15) is 68.2 Å². The van der Waals surface area contributed by atoms with E-state index in [1.54, 1.807) is 11.3 Å². The first kappa shape index (κ1) is 22.6. The fraction of sp³-hybridized carbons (Fsp3) is 0.607. The highest BCUT2D eigenvalue weighted by molar-refractivity contribution is 7.07. The lowest BCUT2D eigenvalue weighted by Crippen LogP contribution is -2.62. The average molecular weight is 481 g/mol. The zero-order valence-electron chi connectivity index (χ0n) is 20.3. The van der Waals surface area contributed by atoms with Gasteiger partial charge < -0.3 is 15.2 Å². The fourth-order valence-corrected chi connectivity index (χ4v) is 8.57. The molecule has 4 saturated carbocycles. The van der Waals surface area contributed by atoms with Gasteiger partial charge >= 0.3 is 0 Å². The molecule has 7 rings (SSSR count). The highest BCUT2D eigenvalue weighted by Gasteiger charge is 2.59. The Balaban J connectivity index is 1.17. The molecule has 0 unspecified atom stereocenters. The van der Waals surface area contributed by atoms with Crippen molar-refractivity contribution in [2.45, 2.75) is 76.7 Å². The Bertz CT molecular complexity index is 1050. The molecule has 2 aromatic rings. The molecule has 6 heteroatoms. The quantitative estimate of drug-likeness (QED) is 0.644. The van der Waals surface area contributed by atoms with E-state index in [0.29, 0.717) is 31.5 Å². The number of carbonyl (C=O) groups excluding carboxylic acids is 1. The van der Waals surface area contributed by atoms with Crippen molar-refractivity contribution in [1.29, 1.82) is 0 Å². The molecule has 5 nitrogen and oxygen atoms in total. The Kier molecular flexibility index (Phi) is 5.54. The van der Waals surface area contributed by atoms with Gasteiger partial charge in [-0.1, -0.05) is 17.7 Å². The topological polar surface area (TPSA) is 61.8 Å². The minimum absolute atomic E-state index is 0.0549.